The summed E-state index contributed by atoms with van der Waals surface area (Å²) in [7, 11) is 0. The fraction of sp³-hybridized carbons (Fsp3) is 0.950. The number of unbranched alkanes of at least 4 members (excludes halogenated alkanes) is 15. The Kier molecular flexibility index (Phi) is 27.4. The van der Waals surface area contributed by atoms with Crippen LogP contribution in [0.5, 0.6) is 0 Å². The average molecular weight is 368 g/mol. The van der Waals surface area contributed by atoms with E-state index in [4.69, 9.17) is 5.11 Å². The van der Waals surface area contributed by atoms with E-state index in [1.807, 2.05) is 0 Å². The Balaban J connectivity index is 0. The summed E-state index contributed by atoms with van der Waals surface area (Å²) < 4.78 is 0. The van der Waals surface area contributed by atoms with Gasteiger partial charge < -0.3 is 10.4 Å². The number of hydrogen-bond acceptors (Lipinski definition) is 2. The van der Waals surface area contributed by atoms with E-state index in [9.17, 15) is 4.79 Å². The van der Waals surface area contributed by atoms with Crippen molar-refractivity contribution in [2.24, 2.45) is 0 Å². The topological polar surface area (TPSA) is 49.3 Å². The van der Waals surface area contributed by atoms with Gasteiger partial charge in [0.05, 0.1) is 6.54 Å². The summed E-state index contributed by atoms with van der Waals surface area (Å²) >= 11 is 0. The third kappa shape index (κ3) is 25.3. The van der Waals surface area contributed by atoms with Gasteiger partial charge in [-0.25, -0.2) is 0 Å². The Morgan fingerprint density at radius 1 is 0.667 bits per heavy atom. The normalized spacial score (nSPS) is 10.5. The number of hydrogen-bond donors (Lipinski definition) is 2. The first-order chi connectivity index (χ1) is 11.3. The van der Waals surface area contributed by atoms with Crippen molar-refractivity contribution in [2.75, 3.05) is 13.1 Å². The van der Waals surface area contributed by atoms with E-state index in [-0.39, 0.29) is 57.9 Å². The number of nitrogens with one attached hydrogen (secondary N) is 1. The van der Waals surface area contributed by atoms with E-state index in [0.717, 1.165) is 13.0 Å². The fourth-order valence-corrected chi connectivity index (χ4v) is 2.99. The Morgan fingerprint density at radius 3 is 1.33 bits per heavy atom. The Hall–Kier alpha value is 1.07. The van der Waals surface area contributed by atoms with Gasteiger partial charge in [0.2, 0.25) is 0 Å². The summed E-state index contributed by atoms with van der Waals surface area (Å²) in [4.78, 5) is 10.3. The van der Waals surface area contributed by atoms with Crippen molar-refractivity contribution < 1.29 is 9.90 Å². The second-order valence-electron chi connectivity index (χ2n) is 6.87. The molecule has 4 heteroatoms. The molecule has 0 unspecified atom stereocenters. The fourth-order valence-electron chi connectivity index (χ4n) is 2.99. The predicted molar refractivity (Wildman–Crippen MR) is 107 cm³/mol. The van der Waals surface area contributed by atoms with Gasteiger partial charge in [-0.15, -0.1) is 0 Å². The number of rotatable bonds is 19. The van der Waals surface area contributed by atoms with Crippen LogP contribution < -0.4 is 5.32 Å². The molecule has 0 bridgehead atoms. The van der Waals surface area contributed by atoms with Crippen LogP contribution in [0.1, 0.15) is 110 Å². The SMILES string of the molecule is CCCCCCCCCCCCCCCCCCNCC(=O)O.[KH]. The molecule has 0 spiro atoms. The molecule has 0 fully saturated rings. The Morgan fingerprint density at radius 2 is 1.00 bits per heavy atom. The van der Waals surface area contributed by atoms with Crippen LogP contribution >= 0.6 is 0 Å². The van der Waals surface area contributed by atoms with Crippen LogP contribution in [0.4, 0.5) is 0 Å². The molecule has 0 saturated heterocycles. The zero-order chi connectivity index (χ0) is 17.0. The van der Waals surface area contributed by atoms with E-state index in [1.165, 1.54) is 96.3 Å². The molecule has 0 aromatic carbocycles. The van der Waals surface area contributed by atoms with Gasteiger partial charge in [0.15, 0.2) is 0 Å². The second kappa shape index (κ2) is 24.1. The van der Waals surface area contributed by atoms with Crippen LogP contribution in [-0.4, -0.2) is 75.5 Å². The van der Waals surface area contributed by atoms with Crippen molar-refractivity contribution >= 4 is 57.4 Å². The molecule has 0 aliphatic carbocycles. The first-order valence-corrected chi connectivity index (χ1v) is 10.2. The molecule has 0 rings (SSSR count). The van der Waals surface area contributed by atoms with Crippen molar-refractivity contribution in [3.8, 4) is 0 Å². The van der Waals surface area contributed by atoms with Gasteiger partial charge in [-0.3, -0.25) is 4.79 Å². The standard InChI is InChI=1S/C20H41NO2.K.H/c1-2-3-4-5-6-7-8-9-10-11-12-13-14-15-16-17-18-21-19-20(22)23;;/h21H,2-19H2,1H3,(H,22,23);;. The number of aliphatic carboxylic acids is 1. The van der Waals surface area contributed by atoms with Gasteiger partial charge in [-0.05, 0) is 13.0 Å². The molecule has 3 nitrogen and oxygen atoms in total. The molecule has 0 aromatic rings. The van der Waals surface area contributed by atoms with Crippen LogP contribution in [0.2, 0.25) is 0 Å². The number of carbonyl (C=O) groups is 1. The van der Waals surface area contributed by atoms with Gasteiger partial charge in [-0.2, -0.15) is 0 Å². The minimum absolute atomic E-state index is 0. The Labute approximate surface area is 193 Å². The predicted octanol–water partition coefficient (Wildman–Crippen LogP) is 5.27. The van der Waals surface area contributed by atoms with Gasteiger partial charge in [0.1, 0.15) is 0 Å². The molecule has 24 heavy (non-hydrogen) atoms. The number of carboxylic acids is 1. The first kappa shape index (κ1) is 27.3. The zero-order valence-electron chi connectivity index (χ0n) is 15.6. The van der Waals surface area contributed by atoms with Gasteiger partial charge in [0, 0.05) is 0 Å². The van der Waals surface area contributed by atoms with Crippen molar-refractivity contribution in [1.82, 2.24) is 5.32 Å². The van der Waals surface area contributed by atoms with Crippen molar-refractivity contribution in [2.45, 2.75) is 110 Å². The molecule has 0 aromatic heterocycles. The van der Waals surface area contributed by atoms with Gasteiger partial charge >= 0.3 is 57.4 Å². The van der Waals surface area contributed by atoms with Crippen LogP contribution in [-0.2, 0) is 4.79 Å². The van der Waals surface area contributed by atoms with Crippen LogP contribution in [0.15, 0.2) is 0 Å². The molecule has 0 saturated carbocycles. The van der Waals surface area contributed by atoms with Crippen LogP contribution in [0, 0.1) is 0 Å². The van der Waals surface area contributed by atoms with Gasteiger partial charge in [0.25, 0.3) is 0 Å². The average Bonchev–Trinajstić information content (AvgIpc) is 2.53. The third-order valence-corrected chi connectivity index (χ3v) is 4.48. The summed E-state index contributed by atoms with van der Waals surface area (Å²) in [5.41, 5.74) is 0. The molecule has 0 radical (unpaired) electrons. The Bertz CT molecular complexity index is 250. The molecule has 0 heterocycles. The summed E-state index contributed by atoms with van der Waals surface area (Å²) in [6.07, 6.45) is 22.0. The molecule has 0 aliphatic heterocycles. The van der Waals surface area contributed by atoms with E-state index in [0.29, 0.717) is 0 Å². The van der Waals surface area contributed by atoms with E-state index in [1.54, 1.807) is 0 Å². The molecule has 0 amide bonds. The van der Waals surface area contributed by atoms with Crippen molar-refractivity contribution in [3.63, 3.8) is 0 Å². The molecular formula is C20H42KNO2. The van der Waals surface area contributed by atoms with E-state index >= 15 is 0 Å². The first-order valence-electron chi connectivity index (χ1n) is 10.2. The summed E-state index contributed by atoms with van der Waals surface area (Å²) in [5, 5.41) is 11.4. The van der Waals surface area contributed by atoms with Gasteiger partial charge in [-0.1, -0.05) is 103 Å². The molecule has 0 aliphatic rings. The third-order valence-electron chi connectivity index (χ3n) is 4.48. The summed E-state index contributed by atoms with van der Waals surface area (Å²) in [5.74, 6) is -0.763. The van der Waals surface area contributed by atoms with E-state index in [2.05, 4.69) is 12.2 Å². The van der Waals surface area contributed by atoms with Crippen LogP contribution in [0.3, 0.4) is 0 Å². The number of carboxylic acid groups (broad SMARTS) is 1. The second-order valence-corrected chi connectivity index (χ2v) is 6.87. The van der Waals surface area contributed by atoms with Crippen molar-refractivity contribution in [1.29, 1.82) is 0 Å². The van der Waals surface area contributed by atoms with Crippen LogP contribution in [0.25, 0.3) is 0 Å². The van der Waals surface area contributed by atoms with E-state index < -0.39 is 5.97 Å². The quantitative estimate of drug-likeness (QED) is 0.241. The van der Waals surface area contributed by atoms with Crippen molar-refractivity contribution in [3.05, 3.63) is 0 Å². The maximum atomic E-state index is 10.3. The molecule has 140 valence electrons. The molecule has 0 atom stereocenters. The molecular weight excluding hydrogens is 325 g/mol. The maximum absolute atomic E-state index is 10.3. The summed E-state index contributed by atoms with van der Waals surface area (Å²) in [6, 6.07) is 0. The monoisotopic (exact) mass is 367 g/mol. The minimum atomic E-state index is -0.763. The zero-order valence-corrected chi connectivity index (χ0v) is 15.6. The molecule has 2 N–H and O–H groups in total. The summed E-state index contributed by atoms with van der Waals surface area (Å²) in [6.45, 7) is 3.21.